The summed E-state index contributed by atoms with van der Waals surface area (Å²) in [7, 11) is 0. The summed E-state index contributed by atoms with van der Waals surface area (Å²) in [6.45, 7) is 6.79. The van der Waals surface area contributed by atoms with Crippen LogP contribution in [0, 0.1) is 5.92 Å². The van der Waals surface area contributed by atoms with E-state index in [9.17, 15) is 4.79 Å². The van der Waals surface area contributed by atoms with Crippen LogP contribution in [0.5, 0.6) is 0 Å². The molecule has 0 radical (unpaired) electrons. The van der Waals surface area contributed by atoms with Gasteiger partial charge in [0, 0.05) is 25.6 Å². The number of rotatable bonds is 8. The molecule has 0 aromatic carbocycles. The van der Waals surface area contributed by atoms with E-state index in [4.69, 9.17) is 4.74 Å². The Morgan fingerprint density at radius 2 is 1.95 bits per heavy atom. The zero-order valence-corrected chi connectivity index (χ0v) is 12.9. The number of nitrogens with one attached hydrogen (secondary N) is 1. The third-order valence-corrected chi connectivity index (χ3v) is 4.45. The second-order valence-electron chi connectivity index (χ2n) is 6.33. The SMILES string of the molecule is C[C@H](CN1CCCC1)C(=O)NCCCOC1CCCC1. The highest BCUT2D eigenvalue weighted by atomic mass is 16.5. The van der Waals surface area contributed by atoms with Crippen molar-refractivity contribution in [3.05, 3.63) is 0 Å². The van der Waals surface area contributed by atoms with Crippen LogP contribution >= 0.6 is 0 Å². The lowest BCUT2D eigenvalue weighted by Gasteiger charge is -2.19. The number of carbonyl (C=O) groups excluding carboxylic acids is 1. The average molecular weight is 282 g/mol. The van der Waals surface area contributed by atoms with Crippen LogP contribution in [0.15, 0.2) is 0 Å². The Kier molecular flexibility index (Phi) is 6.80. The van der Waals surface area contributed by atoms with Crippen LogP contribution in [0.25, 0.3) is 0 Å². The minimum Gasteiger partial charge on any atom is -0.378 e. The van der Waals surface area contributed by atoms with Crippen LogP contribution in [0.3, 0.4) is 0 Å². The molecule has 4 heteroatoms. The number of amides is 1. The molecule has 0 unspecified atom stereocenters. The van der Waals surface area contributed by atoms with Crippen molar-refractivity contribution in [2.24, 2.45) is 5.92 Å². The Morgan fingerprint density at radius 3 is 2.65 bits per heavy atom. The molecule has 1 heterocycles. The Bertz CT molecular complexity index is 284. The normalized spacial score (nSPS) is 22.2. The molecule has 1 N–H and O–H groups in total. The van der Waals surface area contributed by atoms with Crippen molar-refractivity contribution in [3.63, 3.8) is 0 Å². The maximum Gasteiger partial charge on any atom is 0.224 e. The first-order chi connectivity index (χ1) is 9.75. The van der Waals surface area contributed by atoms with E-state index >= 15 is 0 Å². The molecule has 0 aromatic heterocycles. The van der Waals surface area contributed by atoms with E-state index in [1.807, 2.05) is 6.92 Å². The summed E-state index contributed by atoms with van der Waals surface area (Å²) in [5.74, 6) is 0.293. The number of likely N-dealkylation sites (tertiary alicyclic amines) is 1. The molecule has 2 aliphatic rings. The summed E-state index contributed by atoms with van der Waals surface area (Å²) < 4.78 is 5.79. The number of carbonyl (C=O) groups is 1. The van der Waals surface area contributed by atoms with E-state index in [0.717, 1.165) is 39.2 Å². The molecule has 1 atom stereocenters. The van der Waals surface area contributed by atoms with E-state index in [1.54, 1.807) is 0 Å². The fraction of sp³-hybridized carbons (Fsp3) is 0.938. The summed E-state index contributed by atoms with van der Waals surface area (Å²) in [6.07, 6.45) is 9.06. The Labute approximate surface area is 123 Å². The van der Waals surface area contributed by atoms with Gasteiger partial charge < -0.3 is 15.0 Å². The molecule has 2 rings (SSSR count). The van der Waals surface area contributed by atoms with Crippen LogP contribution in [-0.2, 0) is 9.53 Å². The highest BCUT2D eigenvalue weighted by Gasteiger charge is 2.19. The predicted octanol–water partition coefficient (Wildman–Crippen LogP) is 2.18. The molecule has 0 spiro atoms. The minimum absolute atomic E-state index is 0.101. The van der Waals surface area contributed by atoms with Gasteiger partial charge in [0.2, 0.25) is 5.91 Å². The van der Waals surface area contributed by atoms with Crippen molar-refractivity contribution in [2.45, 2.75) is 58.0 Å². The number of ether oxygens (including phenoxy) is 1. The van der Waals surface area contributed by atoms with Crippen molar-refractivity contribution < 1.29 is 9.53 Å². The molecule has 0 bridgehead atoms. The van der Waals surface area contributed by atoms with Gasteiger partial charge in [0.15, 0.2) is 0 Å². The minimum atomic E-state index is 0.101. The predicted molar refractivity (Wildman–Crippen MR) is 80.7 cm³/mol. The fourth-order valence-corrected chi connectivity index (χ4v) is 3.20. The van der Waals surface area contributed by atoms with E-state index in [1.165, 1.54) is 38.5 Å². The topological polar surface area (TPSA) is 41.6 Å². The van der Waals surface area contributed by atoms with E-state index < -0.39 is 0 Å². The van der Waals surface area contributed by atoms with Crippen LogP contribution in [0.2, 0.25) is 0 Å². The van der Waals surface area contributed by atoms with Crippen molar-refractivity contribution >= 4 is 5.91 Å². The smallest absolute Gasteiger partial charge is 0.224 e. The second-order valence-corrected chi connectivity index (χ2v) is 6.33. The quantitative estimate of drug-likeness (QED) is 0.694. The molecule has 1 saturated heterocycles. The maximum absolute atomic E-state index is 12.0. The summed E-state index contributed by atoms with van der Waals surface area (Å²) in [4.78, 5) is 14.4. The molecular weight excluding hydrogens is 252 g/mol. The summed E-state index contributed by atoms with van der Waals surface area (Å²) in [6, 6.07) is 0. The van der Waals surface area contributed by atoms with E-state index in [-0.39, 0.29) is 11.8 Å². The third-order valence-electron chi connectivity index (χ3n) is 4.45. The standard InChI is InChI=1S/C16H30N2O2/c1-14(13-18-10-4-5-11-18)16(19)17-9-6-12-20-15-7-2-3-8-15/h14-15H,2-13H2,1H3,(H,17,19)/t14-/m1/s1. The number of hydrogen-bond acceptors (Lipinski definition) is 3. The summed E-state index contributed by atoms with van der Waals surface area (Å²) in [5, 5.41) is 3.04. The Morgan fingerprint density at radius 1 is 1.25 bits per heavy atom. The lowest BCUT2D eigenvalue weighted by Crippen LogP contribution is -2.37. The van der Waals surface area contributed by atoms with Gasteiger partial charge in [-0.15, -0.1) is 0 Å². The van der Waals surface area contributed by atoms with Crippen LogP contribution in [0.1, 0.15) is 51.9 Å². The van der Waals surface area contributed by atoms with Crippen molar-refractivity contribution in [2.75, 3.05) is 32.8 Å². The zero-order valence-electron chi connectivity index (χ0n) is 12.9. The summed E-state index contributed by atoms with van der Waals surface area (Å²) in [5.41, 5.74) is 0. The molecule has 4 nitrogen and oxygen atoms in total. The van der Waals surface area contributed by atoms with Gasteiger partial charge in [0.1, 0.15) is 0 Å². The molecule has 20 heavy (non-hydrogen) atoms. The first kappa shape index (κ1) is 15.8. The molecule has 2 fully saturated rings. The van der Waals surface area contributed by atoms with Crippen molar-refractivity contribution in [1.29, 1.82) is 0 Å². The maximum atomic E-state index is 12.0. The van der Waals surface area contributed by atoms with Crippen LogP contribution in [-0.4, -0.2) is 49.7 Å². The number of nitrogens with zero attached hydrogens (tertiary/aromatic N) is 1. The Balaban J connectivity index is 1.48. The van der Waals surface area contributed by atoms with E-state index in [2.05, 4.69) is 10.2 Å². The van der Waals surface area contributed by atoms with Gasteiger partial charge in [0.25, 0.3) is 0 Å². The summed E-state index contributed by atoms with van der Waals surface area (Å²) >= 11 is 0. The van der Waals surface area contributed by atoms with Gasteiger partial charge in [-0.05, 0) is 45.2 Å². The monoisotopic (exact) mass is 282 g/mol. The van der Waals surface area contributed by atoms with Crippen molar-refractivity contribution in [1.82, 2.24) is 10.2 Å². The third kappa shape index (κ3) is 5.41. The highest BCUT2D eigenvalue weighted by Crippen LogP contribution is 2.20. The molecule has 1 amide bonds. The first-order valence-electron chi connectivity index (χ1n) is 8.37. The zero-order chi connectivity index (χ0) is 14.2. The number of hydrogen-bond donors (Lipinski definition) is 1. The second kappa shape index (κ2) is 8.63. The largest absolute Gasteiger partial charge is 0.378 e. The van der Waals surface area contributed by atoms with Gasteiger partial charge >= 0.3 is 0 Å². The molecule has 1 saturated carbocycles. The van der Waals surface area contributed by atoms with E-state index in [0.29, 0.717) is 6.10 Å². The fourth-order valence-electron chi connectivity index (χ4n) is 3.20. The lowest BCUT2D eigenvalue weighted by molar-refractivity contribution is -0.125. The highest BCUT2D eigenvalue weighted by molar-refractivity contribution is 5.78. The molecule has 1 aliphatic heterocycles. The molecule has 0 aromatic rings. The molecular formula is C16H30N2O2. The average Bonchev–Trinajstić information content (AvgIpc) is 3.11. The Hall–Kier alpha value is -0.610. The lowest BCUT2D eigenvalue weighted by atomic mass is 10.1. The van der Waals surface area contributed by atoms with Gasteiger partial charge in [-0.25, -0.2) is 0 Å². The first-order valence-corrected chi connectivity index (χ1v) is 8.37. The van der Waals surface area contributed by atoms with Gasteiger partial charge in [0.05, 0.1) is 6.10 Å². The van der Waals surface area contributed by atoms with Crippen LogP contribution < -0.4 is 5.32 Å². The van der Waals surface area contributed by atoms with Gasteiger partial charge in [-0.2, -0.15) is 0 Å². The molecule has 116 valence electrons. The molecule has 1 aliphatic carbocycles. The van der Waals surface area contributed by atoms with Crippen molar-refractivity contribution in [3.8, 4) is 0 Å². The van der Waals surface area contributed by atoms with Gasteiger partial charge in [-0.1, -0.05) is 19.8 Å². The van der Waals surface area contributed by atoms with Crippen LogP contribution in [0.4, 0.5) is 0 Å². The van der Waals surface area contributed by atoms with Gasteiger partial charge in [-0.3, -0.25) is 4.79 Å².